The molecule has 0 unspecified atom stereocenters. The van der Waals surface area contributed by atoms with Crippen molar-refractivity contribution in [3.63, 3.8) is 0 Å². The molecule has 0 bridgehead atoms. The molecule has 2 saturated carbocycles. The van der Waals surface area contributed by atoms with E-state index in [1.54, 1.807) is 30.3 Å². The molecule has 0 heterocycles. The fourth-order valence-electron chi connectivity index (χ4n) is 4.05. The second-order valence-electron chi connectivity index (χ2n) is 9.28. The van der Waals surface area contributed by atoms with Crippen LogP contribution in [0.5, 0.6) is 0 Å². The fourth-order valence-corrected chi connectivity index (χ4v) is 4.05. The predicted molar refractivity (Wildman–Crippen MR) is 127 cm³/mol. The third-order valence-corrected chi connectivity index (χ3v) is 6.07. The van der Waals surface area contributed by atoms with E-state index >= 15 is 0 Å². The van der Waals surface area contributed by atoms with Gasteiger partial charge in [0.05, 0.1) is 12.2 Å². The number of ether oxygens (including phenoxy) is 2. The van der Waals surface area contributed by atoms with Crippen LogP contribution in [0, 0.1) is 11.8 Å². The molecule has 2 aliphatic carbocycles. The van der Waals surface area contributed by atoms with E-state index in [0.29, 0.717) is 18.4 Å². The molecule has 2 fully saturated rings. The Hall–Kier alpha value is -3.16. The van der Waals surface area contributed by atoms with Crippen molar-refractivity contribution in [3.8, 4) is 0 Å². The summed E-state index contributed by atoms with van der Waals surface area (Å²) in [6, 6.07) is 18.0. The number of rotatable bonds is 9. The smallest absolute Gasteiger partial charge is 0.338 e. The zero-order valence-corrected chi connectivity index (χ0v) is 19.9. The van der Waals surface area contributed by atoms with Crippen molar-refractivity contribution in [2.24, 2.45) is 11.8 Å². The Morgan fingerprint density at radius 1 is 0.806 bits per heavy atom. The van der Waals surface area contributed by atoms with E-state index in [-0.39, 0.29) is 50.7 Å². The van der Waals surface area contributed by atoms with Crippen molar-refractivity contribution in [3.05, 3.63) is 83.9 Å². The highest BCUT2D eigenvalue weighted by Crippen LogP contribution is 2.44. The van der Waals surface area contributed by atoms with E-state index in [4.69, 9.17) is 9.47 Å². The van der Waals surface area contributed by atoms with Crippen LogP contribution in [0.2, 0.25) is 0 Å². The number of alkyl halides is 4. The van der Waals surface area contributed by atoms with Gasteiger partial charge in [-0.05, 0) is 42.4 Å². The summed E-state index contributed by atoms with van der Waals surface area (Å²) in [5, 5.41) is 0. The van der Waals surface area contributed by atoms with Crippen LogP contribution in [0.1, 0.15) is 54.4 Å². The standard InChI is InChI=1S/C15H16F2O2.C13H14F2O2/c16-15(17)9-13(10-15)7-4-8-14(18)19-11-12-5-2-1-3-6-12;14-13(15)8-10(9-13)6-7-17-12(16)11-4-2-1-3-5-11/h1-6,8,13H,7,9-11H2;1-5,10H,6-9H2. The maximum absolute atomic E-state index is 12.6. The normalized spacial score (nSPS) is 18.3. The molecule has 2 aromatic rings. The Morgan fingerprint density at radius 2 is 1.36 bits per heavy atom. The number of halogens is 4. The molecular weight excluding hydrogens is 476 g/mol. The Labute approximate surface area is 208 Å². The minimum absolute atomic E-state index is 0.00595. The molecule has 2 aliphatic rings. The van der Waals surface area contributed by atoms with Crippen molar-refractivity contribution >= 4 is 11.9 Å². The summed E-state index contributed by atoms with van der Waals surface area (Å²) in [7, 11) is 0. The van der Waals surface area contributed by atoms with Gasteiger partial charge in [0.15, 0.2) is 0 Å². The van der Waals surface area contributed by atoms with Crippen molar-refractivity contribution in [1.29, 1.82) is 0 Å². The lowest BCUT2D eigenvalue weighted by Gasteiger charge is -2.34. The van der Waals surface area contributed by atoms with Gasteiger partial charge >= 0.3 is 11.9 Å². The fraction of sp³-hybridized carbons (Fsp3) is 0.429. The second kappa shape index (κ2) is 12.7. The average molecular weight is 507 g/mol. The summed E-state index contributed by atoms with van der Waals surface area (Å²) < 4.78 is 60.2. The van der Waals surface area contributed by atoms with Crippen LogP contribution in [-0.2, 0) is 20.9 Å². The zero-order valence-electron chi connectivity index (χ0n) is 19.9. The summed E-state index contributed by atoms with van der Waals surface area (Å²) in [4.78, 5) is 22.9. The van der Waals surface area contributed by atoms with Gasteiger partial charge in [-0.2, -0.15) is 0 Å². The minimum Gasteiger partial charge on any atom is -0.462 e. The van der Waals surface area contributed by atoms with Gasteiger partial charge in [-0.3, -0.25) is 0 Å². The molecule has 194 valence electrons. The lowest BCUT2D eigenvalue weighted by Crippen LogP contribution is -2.36. The molecule has 0 amide bonds. The van der Waals surface area contributed by atoms with Crippen molar-refractivity contribution in [1.82, 2.24) is 0 Å². The SMILES string of the molecule is O=C(C=CCC1CC(F)(F)C1)OCc1ccccc1.O=C(OCCC1CC(F)(F)C1)c1ccccc1. The number of hydrogen-bond acceptors (Lipinski definition) is 4. The lowest BCUT2D eigenvalue weighted by atomic mass is 9.79. The highest BCUT2D eigenvalue weighted by atomic mass is 19.3. The van der Waals surface area contributed by atoms with Crippen LogP contribution in [0.25, 0.3) is 0 Å². The maximum atomic E-state index is 12.6. The summed E-state index contributed by atoms with van der Waals surface area (Å²) >= 11 is 0. The van der Waals surface area contributed by atoms with Crippen LogP contribution >= 0.6 is 0 Å². The second-order valence-corrected chi connectivity index (χ2v) is 9.28. The molecule has 4 nitrogen and oxygen atoms in total. The number of benzene rings is 2. The molecule has 36 heavy (non-hydrogen) atoms. The molecule has 0 aromatic heterocycles. The Morgan fingerprint density at radius 3 is 1.94 bits per heavy atom. The molecule has 0 saturated heterocycles. The molecule has 0 radical (unpaired) electrons. The minimum atomic E-state index is -2.49. The number of carbonyl (C=O) groups is 2. The van der Waals surface area contributed by atoms with Crippen LogP contribution < -0.4 is 0 Å². The van der Waals surface area contributed by atoms with Crippen LogP contribution in [-0.4, -0.2) is 30.4 Å². The topological polar surface area (TPSA) is 52.6 Å². The third-order valence-electron chi connectivity index (χ3n) is 6.07. The van der Waals surface area contributed by atoms with Gasteiger partial charge in [0.1, 0.15) is 6.61 Å². The van der Waals surface area contributed by atoms with Crippen molar-refractivity contribution in [2.75, 3.05) is 6.61 Å². The van der Waals surface area contributed by atoms with Gasteiger partial charge in [-0.25, -0.2) is 27.2 Å². The van der Waals surface area contributed by atoms with E-state index in [1.165, 1.54) is 6.08 Å². The van der Waals surface area contributed by atoms with E-state index in [0.717, 1.165) is 5.56 Å². The summed E-state index contributed by atoms with van der Waals surface area (Å²) in [6.07, 6.45) is 3.68. The largest absolute Gasteiger partial charge is 0.462 e. The van der Waals surface area contributed by atoms with Crippen molar-refractivity contribution < 1.29 is 36.6 Å². The summed E-state index contributed by atoms with van der Waals surface area (Å²) in [5.41, 5.74) is 1.41. The van der Waals surface area contributed by atoms with E-state index in [2.05, 4.69) is 0 Å². The zero-order chi connectivity index (χ0) is 26.0. The maximum Gasteiger partial charge on any atom is 0.338 e. The number of carbonyl (C=O) groups excluding carboxylic acids is 2. The predicted octanol–water partition coefficient (Wildman–Crippen LogP) is 7.00. The number of allylic oxidation sites excluding steroid dienone is 1. The quantitative estimate of drug-likeness (QED) is 0.209. The van der Waals surface area contributed by atoms with E-state index in [1.807, 2.05) is 36.4 Å². The molecule has 4 rings (SSSR count). The van der Waals surface area contributed by atoms with Crippen LogP contribution in [0.15, 0.2) is 72.8 Å². The monoisotopic (exact) mass is 506 g/mol. The average Bonchev–Trinajstić information content (AvgIpc) is 2.82. The highest BCUT2D eigenvalue weighted by Gasteiger charge is 2.45. The lowest BCUT2D eigenvalue weighted by molar-refractivity contribution is -0.139. The number of hydrogen-bond donors (Lipinski definition) is 0. The third kappa shape index (κ3) is 9.47. The van der Waals surface area contributed by atoms with Gasteiger partial charge in [0, 0.05) is 31.8 Å². The van der Waals surface area contributed by atoms with Gasteiger partial charge < -0.3 is 9.47 Å². The van der Waals surface area contributed by atoms with E-state index < -0.39 is 23.8 Å². The van der Waals surface area contributed by atoms with Gasteiger partial charge in [-0.15, -0.1) is 0 Å². The van der Waals surface area contributed by atoms with Gasteiger partial charge in [-0.1, -0.05) is 54.6 Å². The Bertz CT molecular complexity index is 993. The highest BCUT2D eigenvalue weighted by molar-refractivity contribution is 5.89. The van der Waals surface area contributed by atoms with Gasteiger partial charge in [0.25, 0.3) is 0 Å². The first-order valence-corrected chi connectivity index (χ1v) is 12.0. The summed E-state index contributed by atoms with van der Waals surface area (Å²) in [5.74, 6) is -5.83. The first-order chi connectivity index (χ1) is 17.1. The first kappa shape index (κ1) is 27.4. The molecule has 2 aromatic carbocycles. The molecule has 0 N–H and O–H groups in total. The Balaban J connectivity index is 0.000000202. The molecule has 0 spiro atoms. The molecular formula is C28H30F4O4. The molecule has 0 aliphatic heterocycles. The Kier molecular flexibility index (Phi) is 9.67. The van der Waals surface area contributed by atoms with Crippen molar-refractivity contribution in [2.45, 2.75) is 57.0 Å². The van der Waals surface area contributed by atoms with Crippen LogP contribution in [0.4, 0.5) is 17.6 Å². The first-order valence-electron chi connectivity index (χ1n) is 12.0. The van der Waals surface area contributed by atoms with Gasteiger partial charge in [0.2, 0.25) is 11.8 Å². The number of esters is 2. The van der Waals surface area contributed by atoms with Crippen LogP contribution in [0.3, 0.4) is 0 Å². The van der Waals surface area contributed by atoms with E-state index in [9.17, 15) is 27.2 Å². The summed E-state index contributed by atoms with van der Waals surface area (Å²) in [6.45, 7) is 0.444. The molecule has 8 heteroatoms. The molecule has 0 atom stereocenters.